The third-order valence-corrected chi connectivity index (χ3v) is 2.37. The number of ketones is 1. The number of carbonyl (C=O) groups excluding carboxylic acids is 1. The number of aliphatic hydroxyl groups is 1. The summed E-state index contributed by atoms with van der Waals surface area (Å²) in [5.41, 5.74) is -0.355. The zero-order valence-electron chi connectivity index (χ0n) is 7.24. The van der Waals surface area contributed by atoms with Crippen molar-refractivity contribution >= 4 is 17.1 Å². The van der Waals surface area contributed by atoms with E-state index in [2.05, 4.69) is 0 Å². The molecule has 0 saturated heterocycles. The van der Waals surface area contributed by atoms with E-state index in [1.54, 1.807) is 6.07 Å². The zero-order chi connectivity index (χ0) is 10.7. The van der Waals surface area contributed by atoms with Gasteiger partial charge in [-0.25, -0.2) is 0 Å². The van der Waals surface area contributed by atoms with Crippen LogP contribution in [0.15, 0.2) is 23.5 Å². The molecule has 0 spiro atoms. The molecule has 0 fully saturated rings. The molecule has 14 heavy (non-hydrogen) atoms. The molecule has 1 aromatic heterocycles. The highest BCUT2D eigenvalue weighted by atomic mass is 32.1. The zero-order valence-corrected chi connectivity index (χ0v) is 8.06. The van der Waals surface area contributed by atoms with Gasteiger partial charge < -0.3 is 5.11 Å². The van der Waals surface area contributed by atoms with Crippen LogP contribution in [-0.2, 0) is 0 Å². The van der Waals surface area contributed by atoms with Gasteiger partial charge in [0.05, 0.1) is 4.88 Å². The maximum Gasteiger partial charge on any atom is 0.216 e. The van der Waals surface area contributed by atoms with E-state index in [1.165, 1.54) is 13.0 Å². The highest BCUT2D eigenvalue weighted by Gasteiger charge is 2.17. The normalized spacial score (nSPS) is 11.8. The fourth-order valence-corrected chi connectivity index (χ4v) is 1.53. The summed E-state index contributed by atoms with van der Waals surface area (Å²) in [6.45, 7) is 1.24. The van der Waals surface area contributed by atoms with Crippen molar-refractivity contribution in [2.45, 2.75) is 6.92 Å². The molecule has 0 aliphatic rings. The summed E-state index contributed by atoms with van der Waals surface area (Å²) in [4.78, 5) is 11.5. The van der Waals surface area contributed by atoms with Crippen molar-refractivity contribution in [3.05, 3.63) is 33.5 Å². The fourth-order valence-electron chi connectivity index (χ4n) is 0.856. The number of aliphatic hydroxyl groups excluding tert-OH is 1. The Bertz CT molecular complexity index is 438. The predicted octanol–water partition coefficient (Wildman–Crippen LogP) is 2.43. The maximum absolute atomic E-state index is 12.6. The third-order valence-electron chi connectivity index (χ3n) is 1.50. The Hall–Kier alpha value is -1.67. The highest BCUT2D eigenvalue weighted by molar-refractivity contribution is 7.12. The maximum atomic E-state index is 12.6. The lowest BCUT2D eigenvalue weighted by Crippen LogP contribution is -2.01. The molecule has 0 radical (unpaired) electrons. The highest BCUT2D eigenvalue weighted by Crippen LogP contribution is 2.18. The number of allylic oxidation sites excluding steroid dienone is 2. The molecule has 5 heteroatoms. The van der Waals surface area contributed by atoms with E-state index < -0.39 is 10.9 Å². The van der Waals surface area contributed by atoms with E-state index in [1.807, 2.05) is 0 Å². The second-order valence-corrected chi connectivity index (χ2v) is 3.54. The molecular formula is C9H6FNO2S. The molecule has 72 valence electrons. The SMILES string of the molecule is C/C(O)=C(\C#N)C(=O)c1ccc(F)s1. The molecule has 0 bridgehead atoms. The van der Waals surface area contributed by atoms with Gasteiger partial charge >= 0.3 is 0 Å². The summed E-state index contributed by atoms with van der Waals surface area (Å²) in [6.07, 6.45) is 0. The van der Waals surface area contributed by atoms with Gasteiger partial charge in [0.15, 0.2) is 5.13 Å². The van der Waals surface area contributed by atoms with E-state index in [-0.39, 0.29) is 16.2 Å². The van der Waals surface area contributed by atoms with Gasteiger partial charge in [0, 0.05) is 0 Å². The van der Waals surface area contributed by atoms with E-state index >= 15 is 0 Å². The number of hydrogen-bond donors (Lipinski definition) is 1. The van der Waals surface area contributed by atoms with Crippen LogP contribution < -0.4 is 0 Å². The van der Waals surface area contributed by atoms with Gasteiger partial charge in [0.1, 0.15) is 17.4 Å². The smallest absolute Gasteiger partial charge is 0.216 e. The fraction of sp³-hybridized carbons (Fsp3) is 0.111. The topological polar surface area (TPSA) is 61.1 Å². The van der Waals surface area contributed by atoms with Crippen LogP contribution in [0.4, 0.5) is 4.39 Å². The first kappa shape index (κ1) is 10.4. The number of rotatable bonds is 2. The summed E-state index contributed by atoms with van der Waals surface area (Å²) < 4.78 is 12.6. The van der Waals surface area contributed by atoms with Crippen LogP contribution >= 0.6 is 11.3 Å². The van der Waals surface area contributed by atoms with Crippen LogP contribution in [0, 0.1) is 16.5 Å². The molecule has 1 aromatic rings. The van der Waals surface area contributed by atoms with E-state index in [0.717, 1.165) is 6.07 Å². The van der Waals surface area contributed by atoms with Crippen molar-refractivity contribution in [3.8, 4) is 6.07 Å². The Morgan fingerprint density at radius 3 is 2.64 bits per heavy atom. The second kappa shape index (κ2) is 4.03. The molecule has 1 heterocycles. The van der Waals surface area contributed by atoms with Crippen LogP contribution in [0.3, 0.4) is 0 Å². The Morgan fingerprint density at radius 1 is 1.64 bits per heavy atom. The lowest BCUT2D eigenvalue weighted by Gasteiger charge is -1.95. The molecule has 0 atom stereocenters. The van der Waals surface area contributed by atoms with Crippen molar-refractivity contribution in [1.29, 1.82) is 5.26 Å². The number of thiophene rings is 1. The standard InChI is InChI=1S/C9H6FNO2S/c1-5(12)6(4-11)9(13)7-2-3-8(10)14-7/h2-3,12H,1H3/b6-5-. The summed E-state index contributed by atoms with van der Waals surface area (Å²) in [5, 5.41) is 17.1. The van der Waals surface area contributed by atoms with E-state index in [0.29, 0.717) is 11.3 Å². The minimum absolute atomic E-state index is 0.104. The molecule has 0 saturated carbocycles. The average molecular weight is 211 g/mol. The number of halogens is 1. The Kier molecular flexibility index (Phi) is 2.99. The number of carbonyl (C=O) groups is 1. The van der Waals surface area contributed by atoms with Gasteiger partial charge in [0.25, 0.3) is 0 Å². The quantitative estimate of drug-likeness (QED) is 0.353. The van der Waals surface area contributed by atoms with Crippen LogP contribution in [0.2, 0.25) is 0 Å². The largest absolute Gasteiger partial charge is 0.511 e. The van der Waals surface area contributed by atoms with Gasteiger partial charge in [-0.15, -0.1) is 11.3 Å². The summed E-state index contributed by atoms with van der Waals surface area (Å²) >= 11 is 0.644. The molecular weight excluding hydrogens is 205 g/mol. The van der Waals surface area contributed by atoms with Gasteiger partial charge in [-0.1, -0.05) is 0 Å². The number of nitrogens with zero attached hydrogens (tertiary/aromatic N) is 1. The Labute approximate surface area is 83.7 Å². The lowest BCUT2D eigenvalue weighted by molar-refractivity contribution is 0.103. The van der Waals surface area contributed by atoms with Crippen LogP contribution in [0.25, 0.3) is 0 Å². The average Bonchev–Trinajstić information content (AvgIpc) is 2.52. The molecule has 0 aliphatic heterocycles. The Morgan fingerprint density at radius 2 is 2.29 bits per heavy atom. The van der Waals surface area contributed by atoms with Gasteiger partial charge in [-0.2, -0.15) is 9.65 Å². The van der Waals surface area contributed by atoms with Crippen LogP contribution in [0.5, 0.6) is 0 Å². The Balaban J connectivity index is 3.09. The van der Waals surface area contributed by atoms with Crippen molar-refractivity contribution in [1.82, 2.24) is 0 Å². The lowest BCUT2D eigenvalue weighted by atomic mass is 10.1. The number of Topliss-reactive ketones (excluding diaryl/α,β-unsaturated/α-hetero) is 1. The molecule has 0 aliphatic carbocycles. The summed E-state index contributed by atoms with van der Waals surface area (Å²) in [6, 6.07) is 3.99. The van der Waals surface area contributed by atoms with Crippen molar-refractivity contribution in [2.75, 3.05) is 0 Å². The first-order valence-corrected chi connectivity index (χ1v) is 4.48. The van der Waals surface area contributed by atoms with Crippen molar-refractivity contribution < 1.29 is 14.3 Å². The first-order valence-electron chi connectivity index (χ1n) is 3.66. The third kappa shape index (κ3) is 1.98. The second-order valence-electron chi connectivity index (χ2n) is 2.51. The van der Waals surface area contributed by atoms with Crippen LogP contribution in [0.1, 0.15) is 16.6 Å². The predicted molar refractivity (Wildman–Crippen MR) is 49.5 cm³/mol. The van der Waals surface area contributed by atoms with Crippen molar-refractivity contribution in [3.63, 3.8) is 0 Å². The molecule has 0 amide bonds. The van der Waals surface area contributed by atoms with E-state index in [9.17, 15) is 9.18 Å². The van der Waals surface area contributed by atoms with Gasteiger partial charge in [0.2, 0.25) is 5.78 Å². The van der Waals surface area contributed by atoms with E-state index in [4.69, 9.17) is 10.4 Å². The minimum atomic E-state index is -0.651. The molecule has 1 rings (SSSR count). The van der Waals surface area contributed by atoms with Crippen molar-refractivity contribution in [2.24, 2.45) is 0 Å². The number of hydrogen-bond acceptors (Lipinski definition) is 4. The minimum Gasteiger partial charge on any atom is -0.511 e. The molecule has 3 nitrogen and oxygen atoms in total. The molecule has 0 aromatic carbocycles. The van der Waals surface area contributed by atoms with Gasteiger partial charge in [-0.05, 0) is 19.1 Å². The van der Waals surface area contributed by atoms with Crippen LogP contribution in [-0.4, -0.2) is 10.9 Å². The summed E-state index contributed by atoms with van der Waals surface area (Å²) in [5.74, 6) is -1.01. The number of nitriles is 1. The molecule has 0 unspecified atom stereocenters. The monoisotopic (exact) mass is 211 g/mol. The summed E-state index contributed by atoms with van der Waals surface area (Å²) in [7, 11) is 0. The van der Waals surface area contributed by atoms with Gasteiger partial charge in [-0.3, -0.25) is 4.79 Å². The first-order chi connectivity index (χ1) is 6.56. The molecule has 1 N–H and O–H groups in total.